The molecule has 2 heterocycles. The molecular weight excluding hydrogens is 503 g/mol. The normalized spacial score (nSPS) is 11.2. The number of imidazole rings is 1. The number of aryl methyl sites for hydroxylation is 1. The third kappa shape index (κ3) is 7.54. The molecule has 0 radical (unpaired) electrons. The molecule has 0 bridgehead atoms. The average Bonchev–Trinajstić information content (AvgIpc) is 3.26. The minimum absolute atomic E-state index is 0. The van der Waals surface area contributed by atoms with Crippen LogP contribution < -0.4 is 15.4 Å². The molecule has 0 spiro atoms. The van der Waals surface area contributed by atoms with Crippen molar-refractivity contribution in [2.24, 2.45) is 4.99 Å². The van der Waals surface area contributed by atoms with Crippen molar-refractivity contribution in [1.82, 2.24) is 25.2 Å². The summed E-state index contributed by atoms with van der Waals surface area (Å²) in [5.41, 5.74) is 3.32. The summed E-state index contributed by atoms with van der Waals surface area (Å²) in [5.74, 6) is 2.50. The largest absolute Gasteiger partial charge is 0.491 e. The number of rotatable bonds is 8. The van der Waals surface area contributed by atoms with Crippen molar-refractivity contribution in [1.29, 1.82) is 0 Å². The number of nitrogens with zero attached hydrogens (tertiary/aromatic N) is 4. The number of hydrogen-bond acceptors (Lipinski definition) is 4. The summed E-state index contributed by atoms with van der Waals surface area (Å²) in [6.45, 7) is 10.2. The van der Waals surface area contributed by atoms with E-state index in [9.17, 15) is 0 Å². The van der Waals surface area contributed by atoms with E-state index in [-0.39, 0.29) is 30.1 Å². The van der Waals surface area contributed by atoms with Gasteiger partial charge >= 0.3 is 0 Å². The standard InChI is InChI=1S/C23H30N6O.HI/c1-5-25-23(28-15-20-8-6-18(4)12-21(20)30-17(2)3)27-14-19-7-9-22(26-13-19)29-11-10-24-16-29;/h6-13,16-17H,5,14-15H2,1-4H3,(H2,25,27,28);1H. The summed E-state index contributed by atoms with van der Waals surface area (Å²) in [6, 6.07) is 10.3. The Morgan fingerprint density at radius 2 is 2.03 bits per heavy atom. The summed E-state index contributed by atoms with van der Waals surface area (Å²) >= 11 is 0. The molecular formula is C23H31IN6O. The molecule has 0 unspecified atom stereocenters. The molecule has 0 fully saturated rings. The van der Waals surface area contributed by atoms with E-state index in [4.69, 9.17) is 9.73 Å². The number of nitrogens with one attached hydrogen (secondary N) is 2. The van der Waals surface area contributed by atoms with Crippen LogP contribution in [-0.2, 0) is 13.1 Å². The van der Waals surface area contributed by atoms with Crippen molar-refractivity contribution in [3.8, 4) is 11.6 Å². The van der Waals surface area contributed by atoms with E-state index < -0.39 is 0 Å². The third-order valence-electron chi connectivity index (χ3n) is 4.37. The first-order valence-corrected chi connectivity index (χ1v) is 10.3. The molecule has 0 aliphatic heterocycles. The second-order valence-corrected chi connectivity index (χ2v) is 7.32. The van der Waals surface area contributed by atoms with Gasteiger partial charge in [0.2, 0.25) is 0 Å². The van der Waals surface area contributed by atoms with Crippen LogP contribution in [0.3, 0.4) is 0 Å². The van der Waals surface area contributed by atoms with Crippen LogP contribution >= 0.6 is 24.0 Å². The van der Waals surface area contributed by atoms with Crippen LogP contribution in [0.1, 0.15) is 37.5 Å². The van der Waals surface area contributed by atoms with Crippen molar-refractivity contribution in [2.75, 3.05) is 6.54 Å². The first-order valence-electron chi connectivity index (χ1n) is 10.3. The maximum atomic E-state index is 5.97. The van der Waals surface area contributed by atoms with Gasteiger partial charge in [0.15, 0.2) is 5.96 Å². The van der Waals surface area contributed by atoms with Gasteiger partial charge in [-0.1, -0.05) is 18.2 Å². The fraction of sp³-hybridized carbons (Fsp3) is 0.348. The number of ether oxygens (including phenoxy) is 1. The number of guanidine groups is 1. The highest BCUT2D eigenvalue weighted by atomic mass is 127. The van der Waals surface area contributed by atoms with Crippen molar-refractivity contribution in [3.63, 3.8) is 0 Å². The summed E-state index contributed by atoms with van der Waals surface area (Å²) in [4.78, 5) is 13.2. The topological polar surface area (TPSA) is 76.4 Å². The molecule has 3 rings (SSSR count). The van der Waals surface area contributed by atoms with Crippen LogP contribution in [0.4, 0.5) is 0 Å². The lowest BCUT2D eigenvalue weighted by Gasteiger charge is -2.17. The Kier molecular flexibility index (Phi) is 9.77. The van der Waals surface area contributed by atoms with Gasteiger partial charge in [0.05, 0.1) is 12.6 Å². The van der Waals surface area contributed by atoms with E-state index in [0.717, 1.165) is 35.2 Å². The molecule has 0 aliphatic carbocycles. The van der Waals surface area contributed by atoms with Crippen molar-refractivity contribution < 1.29 is 4.74 Å². The Labute approximate surface area is 201 Å². The average molecular weight is 534 g/mol. The lowest BCUT2D eigenvalue weighted by atomic mass is 10.1. The van der Waals surface area contributed by atoms with E-state index in [0.29, 0.717) is 13.1 Å². The molecule has 2 N–H and O–H groups in total. The third-order valence-corrected chi connectivity index (χ3v) is 4.37. The Morgan fingerprint density at radius 3 is 2.68 bits per heavy atom. The van der Waals surface area contributed by atoms with Gasteiger partial charge in [-0.2, -0.15) is 0 Å². The van der Waals surface area contributed by atoms with Gasteiger partial charge in [-0.25, -0.2) is 15.0 Å². The van der Waals surface area contributed by atoms with Crippen molar-refractivity contribution in [3.05, 3.63) is 71.9 Å². The highest BCUT2D eigenvalue weighted by molar-refractivity contribution is 14.0. The zero-order chi connectivity index (χ0) is 21.3. The van der Waals surface area contributed by atoms with E-state index in [1.54, 1.807) is 12.5 Å². The molecule has 2 aromatic heterocycles. The van der Waals surface area contributed by atoms with E-state index >= 15 is 0 Å². The highest BCUT2D eigenvalue weighted by Gasteiger charge is 2.08. The SMILES string of the molecule is CCNC(=NCc1ccc(-n2ccnc2)nc1)NCc1ccc(C)cc1OC(C)C.I. The minimum atomic E-state index is 0. The molecule has 166 valence electrons. The first kappa shape index (κ1) is 24.6. The summed E-state index contributed by atoms with van der Waals surface area (Å²) in [7, 11) is 0. The van der Waals surface area contributed by atoms with Crippen molar-refractivity contribution in [2.45, 2.75) is 46.9 Å². The Balaban J connectivity index is 0.00000341. The highest BCUT2D eigenvalue weighted by Crippen LogP contribution is 2.21. The van der Waals surface area contributed by atoms with E-state index in [1.807, 2.05) is 42.9 Å². The van der Waals surface area contributed by atoms with Gasteiger partial charge in [-0.3, -0.25) is 4.57 Å². The Hall–Kier alpha value is -2.62. The summed E-state index contributed by atoms with van der Waals surface area (Å²) < 4.78 is 7.85. The zero-order valence-corrected chi connectivity index (χ0v) is 20.8. The molecule has 7 nitrogen and oxygen atoms in total. The number of pyridine rings is 1. The summed E-state index contributed by atoms with van der Waals surface area (Å²) in [6.07, 6.45) is 7.31. The lowest BCUT2D eigenvalue weighted by molar-refractivity contribution is 0.239. The molecule has 0 saturated heterocycles. The molecule has 0 amide bonds. The Morgan fingerprint density at radius 1 is 1.19 bits per heavy atom. The predicted molar refractivity (Wildman–Crippen MR) is 135 cm³/mol. The van der Waals surface area contributed by atoms with E-state index in [1.165, 1.54) is 5.56 Å². The number of hydrogen-bond donors (Lipinski definition) is 2. The predicted octanol–water partition coefficient (Wildman–Crippen LogP) is 4.24. The lowest BCUT2D eigenvalue weighted by Crippen LogP contribution is -2.36. The second-order valence-electron chi connectivity index (χ2n) is 7.32. The van der Waals surface area contributed by atoms with Crippen LogP contribution in [0.2, 0.25) is 0 Å². The minimum Gasteiger partial charge on any atom is -0.491 e. The number of benzene rings is 1. The van der Waals surface area contributed by atoms with Crippen LogP contribution in [-0.4, -0.2) is 33.1 Å². The molecule has 3 aromatic rings. The number of aromatic nitrogens is 3. The maximum Gasteiger partial charge on any atom is 0.191 e. The fourth-order valence-corrected chi connectivity index (χ4v) is 2.92. The molecule has 0 aliphatic rings. The molecule has 8 heteroatoms. The smallest absolute Gasteiger partial charge is 0.191 e. The molecule has 0 saturated carbocycles. The number of halogens is 1. The molecule has 1 aromatic carbocycles. The van der Waals surface area contributed by atoms with Gasteiger partial charge in [-0.15, -0.1) is 24.0 Å². The van der Waals surface area contributed by atoms with Crippen LogP contribution in [0.5, 0.6) is 5.75 Å². The molecule has 31 heavy (non-hydrogen) atoms. The maximum absolute atomic E-state index is 5.97. The van der Waals surface area contributed by atoms with Gasteiger partial charge in [0.25, 0.3) is 0 Å². The molecule has 0 atom stereocenters. The number of aliphatic imine (C=N–C) groups is 1. The summed E-state index contributed by atoms with van der Waals surface area (Å²) in [5, 5.41) is 6.69. The van der Waals surface area contributed by atoms with E-state index in [2.05, 4.69) is 52.6 Å². The van der Waals surface area contributed by atoms with Gasteiger partial charge in [-0.05, 0) is 51.0 Å². The first-order chi connectivity index (χ1) is 14.5. The van der Waals surface area contributed by atoms with Gasteiger partial charge < -0.3 is 15.4 Å². The quantitative estimate of drug-likeness (QED) is 0.257. The van der Waals surface area contributed by atoms with Gasteiger partial charge in [0.1, 0.15) is 17.9 Å². The Bertz CT molecular complexity index is 955. The van der Waals surface area contributed by atoms with Crippen LogP contribution in [0, 0.1) is 6.92 Å². The van der Waals surface area contributed by atoms with Crippen LogP contribution in [0.25, 0.3) is 5.82 Å². The van der Waals surface area contributed by atoms with Crippen LogP contribution in [0.15, 0.2) is 60.2 Å². The fourth-order valence-electron chi connectivity index (χ4n) is 2.92. The zero-order valence-electron chi connectivity index (χ0n) is 18.5. The second kappa shape index (κ2) is 12.3. The van der Waals surface area contributed by atoms with Gasteiger partial charge in [0, 0.05) is 37.2 Å². The van der Waals surface area contributed by atoms with Crippen molar-refractivity contribution >= 4 is 29.9 Å². The monoisotopic (exact) mass is 534 g/mol.